The lowest BCUT2D eigenvalue weighted by atomic mass is 10.2. The number of carbonyl (C=O) groups is 2. The fourth-order valence-electron chi connectivity index (χ4n) is 1.87. The van der Waals surface area contributed by atoms with Gasteiger partial charge in [-0.25, -0.2) is 0 Å². The summed E-state index contributed by atoms with van der Waals surface area (Å²) in [4.78, 5) is 23.7. The minimum absolute atomic E-state index is 0.132. The van der Waals surface area contributed by atoms with E-state index in [9.17, 15) is 9.59 Å². The van der Waals surface area contributed by atoms with Gasteiger partial charge in [-0.05, 0) is 36.8 Å². The van der Waals surface area contributed by atoms with Crippen molar-refractivity contribution >= 4 is 46.6 Å². The molecule has 0 fully saturated rings. The summed E-state index contributed by atoms with van der Waals surface area (Å²) in [5.74, 6) is 0.131. The Kier molecular flexibility index (Phi) is 6.50. The van der Waals surface area contributed by atoms with Gasteiger partial charge in [-0.1, -0.05) is 35.9 Å². The first-order valence-electron chi connectivity index (χ1n) is 7.03. The molecule has 2 N–H and O–H groups in total. The highest BCUT2D eigenvalue weighted by Gasteiger charge is 2.08. The normalized spacial score (nSPS) is 10.2. The van der Waals surface area contributed by atoms with Gasteiger partial charge in [-0.3, -0.25) is 9.59 Å². The predicted octanol–water partition coefficient (Wildman–Crippen LogP) is 3.96. The van der Waals surface area contributed by atoms with Crippen LogP contribution in [-0.4, -0.2) is 23.3 Å². The summed E-state index contributed by atoms with van der Waals surface area (Å²) in [5, 5.41) is 6.14. The molecule has 0 atom stereocenters. The summed E-state index contributed by atoms with van der Waals surface area (Å²) < 4.78 is 0. The number of benzene rings is 2. The molecule has 6 heteroatoms. The van der Waals surface area contributed by atoms with Gasteiger partial charge in [0.05, 0.1) is 11.5 Å². The maximum atomic E-state index is 11.9. The van der Waals surface area contributed by atoms with Crippen molar-refractivity contribution < 1.29 is 9.59 Å². The average Bonchev–Trinajstić information content (AvgIpc) is 2.52. The van der Waals surface area contributed by atoms with Crippen molar-refractivity contribution in [2.24, 2.45) is 0 Å². The van der Waals surface area contributed by atoms with E-state index in [0.29, 0.717) is 10.7 Å². The fourth-order valence-corrected chi connectivity index (χ4v) is 2.66. The quantitative estimate of drug-likeness (QED) is 0.830. The third-order valence-corrected chi connectivity index (χ3v) is 4.17. The molecular weight excluding hydrogens is 332 g/mol. The van der Waals surface area contributed by atoms with Gasteiger partial charge in [-0.2, -0.15) is 0 Å². The van der Waals surface area contributed by atoms with Gasteiger partial charge in [0.15, 0.2) is 0 Å². The standard InChI is InChI=1S/C17H17ClN2O2S/c1-12-7-8-13(18)9-15(12)20-17(22)11-23-10-16(21)19-14-5-3-2-4-6-14/h2-9H,10-11H2,1H3,(H,19,21)(H,20,22). The van der Waals surface area contributed by atoms with Gasteiger partial charge in [0.25, 0.3) is 0 Å². The Balaban J connectivity index is 1.74. The van der Waals surface area contributed by atoms with E-state index in [1.807, 2.05) is 43.3 Å². The Morgan fingerprint density at radius 2 is 1.65 bits per heavy atom. The van der Waals surface area contributed by atoms with Gasteiger partial charge in [0.2, 0.25) is 11.8 Å². The molecule has 0 heterocycles. The molecular formula is C17H17ClN2O2S. The van der Waals surface area contributed by atoms with E-state index in [-0.39, 0.29) is 23.3 Å². The molecule has 2 amide bonds. The fraction of sp³-hybridized carbons (Fsp3) is 0.176. The van der Waals surface area contributed by atoms with Gasteiger partial charge < -0.3 is 10.6 Å². The maximum Gasteiger partial charge on any atom is 0.234 e. The lowest BCUT2D eigenvalue weighted by Gasteiger charge is -2.09. The molecule has 23 heavy (non-hydrogen) atoms. The molecule has 0 spiro atoms. The minimum Gasteiger partial charge on any atom is -0.325 e. The van der Waals surface area contributed by atoms with Crippen LogP contribution in [0.1, 0.15) is 5.56 Å². The van der Waals surface area contributed by atoms with Crippen LogP contribution in [0.2, 0.25) is 5.02 Å². The van der Waals surface area contributed by atoms with Crippen LogP contribution in [0, 0.1) is 6.92 Å². The number of thioether (sulfide) groups is 1. The van der Waals surface area contributed by atoms with Crippen molar-refractivity contribution in [2.75, 3.05) is 22.1 Å². The molecule has 0 unspecified atom stereocenters. The number of carbonyl (C=O) groups excluding carboxylic acids is 2. The number of anilines is 2. The molecule has 2 rings (SSSR count). The summed E-state index contributed by atoms with van der Waals surface area (Å²) in [7, 11) is 0. The highest BCUT2D eigenvalue weighted by atomic mass is 35.5. The van der Waals surface area contributed by atoms with Crippen molar-refractivity contribution in [1.29, 1.82) is 0 Å². The van der Waals surface area contributed by atoms with Crippen LogP contribution in [0.4, 0.5) is 11.4 Å². The van der Waals surface area contributed by atoms with Crippen LogP contribution in [0.25, 0.3) is 0 Å². The van der Waals surface area contributed by atoms with E-state index >= 15 is 0 Å². The Hall–Kier alpha value is -1.98. The van der Waals surface area contributed by atoms with Gasteiger partial charge in [-0.15, -0.1) is 11.8 Å². The molecule has 2 aromatic rings. The third-order valence-electron chi connectivity index (χ3n) is 3.00. The Morgan fingerprint density at radius 3 is 2.35 bits per heavy atom. The second-order valence-electron chi connectivity index (χ2n) is 4.91. The Labute approximate surface area is 144 Å². The molecule has 2 aromatic carbocycles. The Bertz CT molecular complexity index is 692. The second-order valence-corrected chi connectivity index (χ2v) is 6.34. The van der Waals surface area contributed by atoms with Gasteiger partial charge in [0, 0.05) is 16.4 Å². The summed E-state index contributed by atoms with van der Waals surface area (Å²) in [5.41, 5.74) is 2.38. The van der Waals surface area contributed by atoms with Crippen LogP contribution >= 0.6 is 23.4 Å². The molecule has 0 radical (unpaired) electrons. The number of aryl methyl sites for hydroxylation is 1. The topological polar surface area (TPSA) is 58.2 Å². The first-order chi connectivity index (χ1) is 11.0. The van der Waals surface area contributed by atoms with Crippen LogP contribution in [0.5, 0.6) is 0 Å². The summed E-state index contributed by atoms with van der Waals surface area (Å²) >= 11 is 7.17. The van der Waals surface area contributed by atoms with E-state index in [4.69, 9.17) is 11.6 Å². The number of hydrogen-bond donors (Lipinski definition) is 2. The van der Waals surface area contributed by atoms with E-state index in [0.717, 1.165) is 11.3 Å². The van der Waals surface area contributed by atoms with Crippen LogP contribution in [-0.2, 0) is 9.59 Å². The largest absolute Gasteiger partial charge is 0.325 e. The SMILES string of the molecule is Cc1ccc(Cl)cc1NC(=O)CSCC(=O)Nc1ccccc1. The summed E-state index contributed by atoms with van der Waals surface area (Å²) in [6.45, 7) is 1.90. The minimum atomic E-state index is -0.159. The first-order valence-corrected chi connectivity index (χ1v) is 8.56. The van der Waals surface area contributed by atoms with E-state index in [1.54, 1.807) is 12.1 Å². The second kappa shape index (κ2) is 8.60. The van der Waals surface area contributed by atoms with Crippen molar-refractivity contribution in [3.05, 3.63) is 59.1 Å². The van der Waals surface area contributed by atoms with E-state index in [1.165, 1.54) is 11.8 Å². The van der Waals surface area contributed by atoms with E-state index in [2.05, 4.69) is 10.6 Å². The molecule has 0 aliphatic heterocycles. The first kappa shape index (κ1) is 17.4. The molecule has 0 aliphatic rings. The molecule has 0 aromatic heterocycles. The van der Waals surface area contributed by atoms with E-state index < -0.39 is 0 Å². The highest BCUT2D eigenvalue weighted by Crippen LogP contribution is 2.20. The number of hydrogen-bond acceptors (Lipinski definition) is 3. The average molecular weight is 349 g/mol. The monoisotopic (exact) mass is 348 g/mol. The smallest absolute Gasteiger partial charge is 0.234 e. The molecule has 0 saturated heterocycles. The molecule has 0 bridgehead atoms. The lowest BCUT2D eigenvalue weighted by Crippen LogP contribution is -2.18. The number of nitrogens with one attached hydrogen (secondary N) is 2. The number of halogens is 1. The highest BCUT2D eigenvalue weighted by molar-refractivity contribution is 8.00. The lowest BCUT2D eigenvalue weighted by molar-refractivity contribution is -0.114. The van der Waals surface area contributed by atoms with Gasteiger partial charge in [0.1, 0.15) is 0 Å². The van der Waals surface area contributed by atoms with Crippen molar-refractivity contribution in [1.82, 2.24) is 0 Å². The molecule has 120 valence electrons. The zero-order valence-electron chi connectivity index (χ0n) is 12.6. The van der Waals surface area contributed by atoms with Gasteiger partial charge >= 0.3 is 0 Å². The van der Waals surface area contributed by atoms with Crippen molar-refractivity contribution in [2.45, 2.75) is 6.92 Å². The van der Waals surface area contributed by atoms with Crippen LogP contribution in [0.15, 0.2) is 48.5 Å². The van der Waals surface area contributed by atoms with Crippen molar-refractivity contribution in [3.63, 3.8) is 0 Å². The number of para-hydroxylation sites is 1. The zero-order chi connectivity index (χ0) is 16.7. The Morgan fingerprint density at radius 1 is 1.00 bits per heavy atom. The summed E-state index contributed by atoms with van der Waals surface area (Å²) in [6.07, 6.45) is 0. The number of rotatable bonds is 6. The molecule has 4 nitrogen and oxygen atoms in total. The van der Waals surface area contributed by atoms with Crippen molar-refractivity contribution in [3.8, 4) is 0 Å². The number of amides is 2. The molecule has 0 saturated carbocycles. The predicted molar refractivity (Wildman–Crippen MR) is 97.2 cm³/mol. The van der Waals surface area contributed by atoms with Crippen LogP contribution in [0.3, 0.4) is 0 Å². The maximum absolute atomic E-state index is 11.9. The summed E-state index contributed by atoms with van der Waals surface area (Å²) in [6, 6.07) is 14.5. The zero-order valence-corrected chi connectivity index (χ0v) is 14.2. The molecule has 0 aliphatic carbocycles. The third kappa shape index (κ3) is 5.96. The van der Waals surface area contributed by atoms with Crippen LogP contribution < -0.4 is 10.6 Å².